The third-order valence-corrected chi connectivity index (χ3v) is 5.78. The molecule has 0 aliphatic rings. The second-order valence-corrected chi connectivity index (χ2v) is 8.36. The number of nitrogens with zero attached hydrogens (tertiary/aromatic N) is 4. The smallest absolute Gasteiger partial charge is 0.203 e. The number of aryl methyl sites for hydroxylation is 1. The predicted molar refractivity (Wildman–Crippen MR) is 138 cm³/mol. The molecular formula is C26H31N5O5. The van der Waals surface area contributed by atoms with Gasteiger partial charge in [0.15, 0.2) is 34.6 Å². The van der Waals surface area contributed by atoms with Crippen LogP contribution in [0.2, 0.25) is 0 Å². The number of hydrogen-bond acceptors (Lipinski definition) is 9. The number of benzene rings is 2. The molecule has 0 fully saturated rings. The van der Waals surface area contributed by atoms with Crippen molar-refractivity contribution in [1.29, 1.82) is 0 Å². The Hall–Kier alpha value is -4.21. The van der Waals surface area contributed by atoms with E-state index in [4.69, 9.17) is 38.8 Å². The second-order valence-electron chi connectivity index (χ2n) is 8.36. The SMILES string of the molecule is COc1ccc(-c2nc(Nc3cc(OC)c(OC)c(OC)c3)c3c(C)nc(C(C)C)n3n2)cc1OC. The van der Waals surface area contributed by atoms with Crippen molar-refractivity contribution in [3.8, 4) is 40.1 Å². The molecule has 0 bridgehead atoms. The summed E-state index contributed by atoms with van der Waals surface area (Å²) in [4.78, 5) is 9.68. The molecule has 2 aromatic heterocycles. The predicted octanol–water partition coefficient (Wildman–Crippen LogP) is 5.01. The summed E-state index contributed by atoms with van der Waals surface area (Å²) in [5, 5.41) is 8.27. The number of rotatable bonds is 9. The average molecular weight is 494 g/mol. The Bertz CT molecular complexity index is 1370. The van der Waals surface area contributed by atoms with Crippen molar-refractivity contribution in [2.75, 3.05) is 40.9 Å². The number of hydrogen-bond donors (Lipinski definition) is 1. The van der Waals surface area contributed by atoms with Crippen LogP contribution in [0.15, 0.2) is 30.3 Å². The van der Waals surface area contributed by atoms with Gasteiger partial charge in [-0.15, -0.1) is 5.10 Å². The summed E-state index contributed by atoms with van der Waals surface area (Å²) in [6, 6.07) is 9.22. The first-order valence-corrected chi connectivity index (χ1v) is 11.4. The van der Waals surface area contributed by atoms with Crippen molar-refractivity contribution in [3.05, 3.63) is 41.9 Å². The molecule has 0 amide bonds. The normalized spacial score (nSPS) is 11.0. The fourth-order valence-corrected chi connectivity index (χ4v) is 4.04. The van der Waals surface area contributed by atoms with E-state index in [1.54, 1.807) is 35.5 Å². The molecule has 0 aliphatic carbocycles. The highest BCUT2D eigenvalue weighted by Gasteiger charge is 2.21. The number of nitrogens with one attached hydrogen (secondary N) is 1. The van der Waals surface area contributed by atoms with Gasteiger partial charge in [-0.2, -0.15) is 0 Å². The van der Waals surface area contributed by atoms with Crippen LogP contribution in [0.1, 0.15) is 31.3 Å². The van der Waals surface area contributed by atoms with Crippen LogP contribution in [0, 0.1) is 6.92 Å². The molecule has 2 aromatic carbocycles. The molecule has 0 radical (unpaired) electrons. The van der Waals surface area contributed by atoms with Crippen molar-refractivity contribution < 1.29 is 23.7 Å². The standard InChI is InChI=1S/C26H31N5O5/c1-14(2)26-27-15(3)22-25(28-17-12-20(34-6)23(36-8)21(13-17)35-7)29-24(30-31(22)26)16-9-10-18(32-4)19(11-16)33-5/h9-14H,1-8H3,(H,28,29,30). The lowest BCUT2D eigenvalue weighted by Gasteiger charge is -2.16. The summed E-state index contributed by atoms with van der Waals surface area (Å²) in [5.41, 5.74) is 3.06. The summed E-state index contributed by atoms with van der Waals surface area (Å²) in [6.45, 7) is 6.11. The van der Waals surface area contributed by atoms with Crippen LogP contribution < -0.4 is 29.0 Å². The topological polar surface area (TPSA) is 101 Å². The van der Waals surface area contributed by atoms with Crippen molar-refractivity contribution in [3.63, 3.8) is 0 Å². The molecule has 1 N–H and O–H groups in total. The van der Waals surface area contributed by atoms with E-state index in [2.05, 4.69) is 19.2 Å². The molecule has 10 heteroatoms. The van der Waals surface area contributed by atoms with Gasteiger partial charge in [0.25, 0.3) is 0 Å². The molecule has 190 valence electrons. The van der Waals surface area contributed by atoms with Crippen molar-refractivity contribution in [2.45, 2.75) is 26.7 Å². The molecule has 36 heavy (non-hydrogen) atoms. The van der Waals surface area contributed by atoms with Crippen LogP contribution >= 0.6 is 0 Å². The van der Waals surface area contributed by atoms with Crippen LogP contribution in [0.4, 0.5) is 11.5 Å². The zero-order valence-corrected chi connectivity index (χ0v) is 21.8. The molecule has 0 saturated carbocycles. The quantitative estimate of drug-likeness (QED) is 0.345. The van der Waals surface area contributed by atoms with Gasteiger partial charge in [-0.3, -0.25) is 0 Å². The molecule has 0 atom stereocenters. The molecule has 2 heterocycles. The van der Waals surface area contributed by atoms with Crippen LogP contribution in [0.3, 0.4) is 0 Å². The molecule has 4 rings (SSSR count). The minimum atomic E-state index is 0.147. The maximum Gasteiger partial charge on any atom is 0.203 e. The van der Waals surface area contributed by atoms with E-state index < -0.39 is 0 Å². The van der Waals surface area contributed by atoms with Gasteiger partial charge in [0.2, 0.25) is 5.75 Å². The van der Waals surface area contributed by atoms with E-state index in [-0.39, 0.29) is 5.92 Å². The minimum absolute atomic E-state index is 0.147. The Morgan fingerprint density at radius 3 is 1.97 bits per heavy atom. The van der Waals surface area contributed by atoms with E-state index in [0.29, 0.717) is 46.1 Å². The first kappa shape index (κ1) is 24.9. The number of anilines is 2. The highest BCUT2D eigenvalue weighted by atomic mass is 16.5. The molecular weight excluding hydrogens is 462 g/mol. The number of methoxy groups -OCH3 is 5. The van der Waals surface area contributed by atoms with Gasteiger partial charge in [-0.1, -0.05) is 13.8 Å². The lowest BCUT2D eigenvalue weighted by molar-refractivity contribution is 0.324. The molecule has 0 unspecified atom stereocenters. The number of ether oxygens (including phenoxy) is 5. The van der Waals surface area contributed by atoms with Crippen LogP contribution in [-0.4, -0.2) is 55.1 Å². The van der Waals surface area contributed by atoms with E-state index >= 15 is 0 Å². The summed E-state index contributed by atoms with van der Waals surface area (Å²) in [5.74, 6) is 4.83. The van der Waals surface area contributed by atoms with Gasteiger partial charge >= 0.3 is 0 Å². The van der Waals surface area contributed by atoms with Crippen LogP contribution in [0.5, 0.6) is 28.7 Å². The Labute approximate surface area is 210 Å². The zero-order chi connectivity index (χ0) is 26.0. The lowest BCUT2D eigenvalue weighted by Crippen LogP contribution is -2.08. The first-order valence-electron chi connectivity index (χ1n) is 11.4. The Morgan fingerprint density at radius 2 is 1.42 bits per heavy atom. The van der Waals surface area contributed by atoms with Crippen LogP contribution in [0.25, 0.3) is 16.9 Å². The van der Waals surface area contributed by atoms with E-state index in [0.717, 1.165) is 22.6 Å². The fraction of sp³-hybridized carbons (Fsp3) is 0.346. The van der Waals surface area contributed by atoms with Gasteiger partial charge in [-0.25, -0.2) is 14.5 Å². The van der Waals surface area contributed by atoms with Crippen molar-refractivity contribution in [1.82, 2.24) is 19.6 Å². The number of aromatic nitrogens is 4. The minimum Gasteiger partial charge on any atom is -0.493 e. The van der Waals surface area contributed by atoms with Gasteiger partial charge in [-0.05, 0) is 25.1 Å². The molecule has 10 nitrogen and oxygen atoms in total. The summed E-state index contributed by atoms with van der Waals surface area (Å²) in [7, 11) is 7.92. The second kappa shape index (κ2) is 10.2. The molecule has 0 aliphatic heterocycles. The van der Waals surface area contributed by atoms with Gasteiger partial charge in [0.1, 0.15) is 11.3 Å². The lowest BCUT2D eigenvalue weighted by atomic mass is 10.2. The summed E-state index contributed by atoms with van der Waals surface area (Å²) < 4.78 is 29.2. The fourth-order valence-electron chi connectivity index (χ4n) is 4.04. The zero-order valence-electron chi connectivity index (χ0n) is 21.8. The first-order chi connectivity index (χ1) is 17.3. The summed E-state index contributed by atoms with van der Waals surface area (Å²) >= 11 is 0. The summed E-state index contributed by atoms with van der Waals surface area (Å²) in [6.07, 6.45) is 0. The number of imidazole rings is 1. The highest BCUT2D eigenvalue weighted by molar-refractivity contribution is 5.79. The third kappa shape index (κ3) is 4.41. The van der Waals surface area contributed by atoms with Crippen LogP contribution in [-0.2, 0) is 0 Å². The van der Waals surface area contributed by atoms with E-state index in [1.165, 1.54) is 0 Å². The molecule has 4 aromatic rings. The maximum atomic E-state index is 5.52. The maximum absolute atomic E-state index is 5.52. The van der Waals surface area contributed by atoms with E-state index in [9.17, 15) is 0 Å². The Kier molecular flexibility index (Phi) is 7.05. The van der Waals surface area contributed by atoms with Gasteiger partial charge in [0.05, 0.1) is 41.2 Å². The third-order valence-electron chi connectivity index (χ3n) is 5.78. The average Bonchev–Trinajstić information content (AvgIpc) is 3.24. The number of fused-ring (bicyclic) bond motifs is 1. The van der Waals surface area contributed by atoms with Gasteiger partial charge in [0, 0.05) is 29.3 Å². The van der Waals surface area contributed by atoms with Crippen molar-refractivity contribution >= 4 is 17.0 Å². The van der Waals surface area contributed by atoms with Crippen molar-refractivity contribution in [2.24, 2.45) is 0 Å². The largest absolute Gasteiger partial charge is 0.493 e. The monoisotopic (exact) mass is 493 g/mol. The Balaban J connectivity index is 1.93. The highest BCUT2D eigenvalue weighted by Crippen LogP contribution is 2.41. The molecule has 0 spiro atoms. The Morgan fingerprint density at radius 1 is 0.778 bits per heavy atom. The van der Waals surface area contributed by atoms with Gasteiger partial charge < -0.3 is 29.0 Å². The molecule has 0 saturated heterocycles. The van der Waals surface area contributed by atoms with E-state index in [1.807, 2.05) is 41.8 Å².